The molecule has 1 heterocycles. The summed E-state index contributed by atoms with van der Waals surface area (Å²) in [7, 11) is 1.62. The predicted octanol–water partition coefficient (Wildman–Crippen LogP) is 4.20. The summed E-state index contributed by atoms with van der Waals surface area (Å²) < 4.78 is 5.94. The normalized spacial score (nSPS) is 14.6. The van der Waals surface area contributed by atoms with Crippen molar-refractivity contribution < 1.29 is 14.7 Å². The van der Waals surface area contributed by atoms with Crippen molar-refractivity contribution in [2.24, 2.45) is 5.16 Å². The van der Waals surface area contributed by atoms with Gasteiger partial charge in [0.1, 0.15) is 5.75 Å². The van der Waals surface area contributed by atoms with E-state index >= 15 is 0 Å². The van der Waals surface area contributed by atoms with Crippen molar-refractivity contribution in [1.82, 2.24) is 0 Å². The summed E-state index contributed by atoms with van der Waals surface area (Å²) >= 11 is 3.55. The van der Waals surface area contributed by atoms with Gasteiger partial charge < -0.3 is 14.8 Å². The number of benzene rings is 2. The van der Waals surface area contributed by atoms with Gasteiger partial charge in [-0.3, -0.25) is 4.79 Å². The molecule has 0 saturated heterocycles. The molecule has 6 heteroatoms. The van der Waals surface area contributed by atoms with Crippen molar-refractivity contribution in [2.75, 3.05) is 12.0 Å². The molecule has 0 aliphatic carbocycles. The Bertz CT molecular complexity index is 844. The standard InChI is InChI=1S/C19H17BrN2O3/c1-25-15-8-6-13(7-9-15)12-22-17-5-3-2-4-16(17)19(20)14(11-21-24)10-18(22)23/h2-9,11,24H,10,12H2,1H3/b21-11+. The third-order valence-corrected chi connectivity index (χ3v) is 5.01. The first-order valence-electron chi connectivity index (χ1n) is 7.73. The number of para-hydroxylation sites is 1. The van der Waals surface area contributed by atoms with Crippen molar-refractivity contribution in [3.8, 4) is 5.75 Å². The first-order valence-corrected chi connectivity index (χ1v) is 8.52. The van der Waals surface area contributed by atoms with E-state index < -0.39 is 0 Å². The molecule has 25 heavy (non-hydrogen) atoms. The maximum Gasteiger partial charge on any atom is 0.231 e. The highest BCUT2D eigenvalue weighted by molar-refractivity contribution is 9.15. The molecule has 2 aromatic carbocycles. The van der Waals surface area contributed by atoms with Gasteiger partial charge in [0.25, 0.3) is 0 Å². The molecular weight excluding hydrogens is 384 g/mol. The summed E-state index contributed by atoms with van der Waals surface area (Å²) in [5.41, 5.74) is 3.34. The van der Waals surface area contributed by atoms with Crippen LogP contribution in [0.1, 0.15) is 17.5 Å². The van der Waals surface area contributed by atoms with E-state index in [9.17, 15) is 4.79 Å². The average molecular weight is 401 g/mol. The number of carbonyl (C=O) groups excluding carboxylic acids is 1. The number of methoxy groups -OCH3 is 1. The Balaban J connectivity index is 2.00. The monoisotopic (exact) mass is 400 g/mol. The van der Waals surface area contributed by atoms with Crippen LogP contribution in [0.3, 0.4) is 0 Å². The molecule has 0 spiro atoms. The zero-order valence-electron chi connectivity index (χ0n) is 13.6. The number of anilines is 1. The summed E-state index contributed by atoms with van der Waals surface area (Å²) in [5.74, 6) is 0.713. The lowest BCUT2D eigenvalue weighted by molar-refractivity contribution is -0.118. The van der Waals surface area contributed by atoms with E-state index in [-0.39, 0.29) is 12.3 Å². The van der Waals surface area contributed by atoms with Gasteiger partial charge in [-0.1, -0.05) is 35.5 Å². The smallest absolute Gasteiger partial charge is 0.231 e. The van der Waals surface area contributed by atoms with Crippen LogP contribution in [-0.4, -0.2) is 24.4 Å². The molecule has 0 radical (unpaired) electrons. The number of oxime groups is 1. The molecule has 2 aromatic rings. The summed E-state index contributed by atoms with van der Waals surface area (Å²) in [6.07, 6.45) is 1.45. The van der Waals surface area contributed by atoms with Gasteiger partial charge in [0.15, 0.2) is 0 Å². The second kappa shape index (κ2) is 7.53. The van der Waals surface area contributed by atoms with Crippen molar-refractivity contribution in [2.45, 2.75) is 13.0 Å². The highest BCUT2D eigenvalue weighted by Crippen LogP contribution is 2.38. The molecule has 3 rings (SSSR count). The molecule has 0 fully saturated rings. The van der Waals surface area contributed by atoms with Crippen molar-refractivity contribution >= 4 is 38.2 Å². The van der Waals surface area contributed by atoms with Crippen LogP contribution < -0.4 is 9.64 Å². The van der Waals surface area contributed by atoms with E-state index in [0.29, 0.717) is 12.1 Å². The van der Waals surface area contributed by atoms with E-state index in [4.69, 9.17) is 9.94 Å². The van der Waals surface area contributed by atoms with Gasteiger partial charge in [0.05, 0.1) is 32.0 Å². The van der Waals surface area contributed by atoms with Crippen molar-refractivity contribution in [1.29, 1.82) is 0 Å². The first-order chi connectivity index (χ1) is 12.1. The van der Waals surface area contributed by atoms with Gasteiger partial charge in [-0.05, 0) is 45.3 Å². The van der Waals surface area contributed by atoms with Gasteiger partial charge >= 0.3 is 0 Å². The summed E-state index contributed by atoms with van der Waals surface area (Å²) in [6, 6.07) is 15.3. The number of amides is 1. The maximum atomic E-state index is 12.8. The molecule has 5 nitrogen and oxygen atoms in total. The molecule has 1 N–H and O–H groups in total. The second-order valence-electron chi connectivity index (χ2n) is 5.61. The minimum atomic E-state index is -0.0624. The fourth-order valence-electron chi connectivity index (χ4n) is 2.80. The van der Waals surface area contributed by atoms with E-state index in [1.807, 2.05) is 48.5 Å². The van der Waals surface area contributed by atoms with Crippen LogP contribution in [0.15, 0.2) is 59.3 Å². The lowest BCUT2D eigenvalue weighted by Crippen LogP contribution is -2.30. The molecular formula is C19H17BrN2O3. The molecule has 1 amide bonds. The number of hydrogen-bond acceptors (Lipinski definition) is 4. The number of carbonyl (C=O) groups is 1. The van der Waals surface area contributed by atoms with Gasteiger partial charge in [0, 0.05) is 10.0 Å². The van der Waals surface area contributed by atoms with Crippen LogP contribution in [0, 0.1) is 0 Å². The van der Waals surface area contributed by atoms with Crippen LogP contribution in [0.2, 0.25) is 0 Å². The van der Waals surface area contributed by atoms with Crippen LogP contribution >= 0.6 is 15.9 Å². The number of rotatable bonds is 4. The third kappa shape index (κ3) is 3.58. The SMILES string of the molecule is COc1ccc(CN2C(=O)CC(/C=N/O)=C(Br)c3ccccc32)cc1. The Morgan fingerprint density at radius 1 is 1.24 bits per heavy atom. The molecule has 1 aliphatic rings. The van der Waals surface area contributed by atoms with E-state index in [1.54, 1.807) is 12.0 Å². The average Bonchev–Trinajstić information content (AvgIpc) is 2.74. The number of nitrogens with zero attached hydrogens (tertiary/aromatic N) is 2. The largest absolute Gasteiger partial charge is 0.497 e. The molecule has 0 unspecified atom stereocenters. The van der Waals surface area contributed by atoms with Crippen molar-refractivity contribution in [3.63, 3.8) is 0 Å². The van der Waals surface area contributed by atoms with E-state index in [0.717, 1.165) is 27.0 Å². The number of ether oxygens (including phenoxy) is 1. The topological polar surface area (TPSA) is 62.1 Å². The Labute approximate surface area is 154 Å². The summed E-state index contributed by atoms with van der Waals surface area (Å²) in [5, 5.41) is 12.0. The van der Waals surface area contributed by atoms with Crippen LogP contribution in [-0.2, 0) is 11.3 Å². The Morgan fingerprint density at radius 2 is 1.96 bits per heavy atom. The van der Waals surface area contributed by atoms with Crippen LogP contribution in [0.5, 0.6) is 5.75 Å². The van der Waals surface area contributed by atoms with E-state index in [1.165, 1.54) is 6.21 Å². The Hall–Kier alpha value is -2.60. The Kier molecular flexibility index (Phi) is 5.19. The minimum Gasteiger partial charge on any atom is -0.497 e. The predicted molar refractivity (Wildman–Crippen MR) is 101 cm³/mol. The number of halogens is 1. The van der Waals surface area contributed by atoms with Crippen LogP contribution in [0.4, 0.5) is 5.69 Å². The van der Waals surface area contributed by atoms with Crippen LogP contribution in [0.25, 0.3) is 4.48 Å². The molecule has 128 valence electrons. The highest BCUT2D eigenvalue weighted by atomic mass is 79.9. The maximum absolute atomic E-state index is 12.8. The Morgan fingerprint density at radius 3 is 2.64 bits per heavy atom. The van der Waals surface area contributed by atoms with E-state index in [2.05, 4.69) is 21.1 Å². The first kappa shape index (κ1) is 17.2. The second-order valence-corrected chi connectivity index (χ2v) is 6.40. The third-order valence-electron chi connectivity index (χ3n) is 4.07. The highest BCUT2D eigenvalue weighted by Gasteiger charge is 2.26. The molecule has 0 bridgehead atoms. The molecule has 1 aliphatic heterocycles. The summed E-state index contributed by atoms with van der Waals surface area (Å²) in [4.78, 5) is 14.6. The fraction of sp³-hybridized carbons (Fsp3) is 0.158. The zero-order chi connectivity index (χ0) is 17.8. The van der Waals surface area contributed by atoms with Gasteiger partial charge in [-0.25, -0.2) is 0 Å². The number of fused-ring (bicyclic) bond motifs is 1. The van der Waals surface area contributed by atoms with Gasteiger partial charge in [0.2, 0.25) is 5.91 Å². The van der Waals surface area contributed by atoms with Gasteiger partial charge in [-0.2, -0.15) is 0 Å². The lowest BCUT2D eigenvalue weighted by Gasteiger charge is -2.23. The van der Waals surface area contributed by atoms with Crippen molar-refractivity contribution in [3.05, 3.63) is 65.2 Å². The molecule has 0 saturated carbocycles. The molecule has 0 aromatic heterocycles. The molecule has 0 atom stereocenters. The lowest BCUT2D eigenvalue weighted by atomic mass is 10.1. The zero-order valence-corrected chi connectivity index (χ0v) is 15.2. The fourth-order valence-corrected chi connectivity index (χ4v) is 3.37. The number of hydrogen-bond donors (Lipinski definition) is 1. The quantitative estimate of drug-likeness (QED) is 0.475. The van der Waals surface area contributed by atoms with Gasteiger partial charge in [-0.15, -0.1) is 0 Å². The minimum absolute atomic E-state index is 0.0624. The summed E-state index contributed by atoms with van der Waals surface area (Å²) in [6.45, 7) is 0.448.